The van der Waals surface area contributed by atoms with Crippen LogP contribution in [0.4, 0.5) is 0 Å². The van der Waals surface area contributed by atoms with Crippen LogP contribution in [0.3, 0.4) is 0 Å². The van der Waals surface area contributed by atoms with Crippen molar-refractivity contribution in [2.24, 2.45) is 0 Å². The Labute approximate surface area is 134 Å². The zero-order valence-electron chi connectivity index (χ0n) is 15.2. The summed E-state index contributed by atoms with van der Waals surface area (Å²) in [6.45, 7) is 19.6. The average molecular weight is 347 g/mol. The molecular weight excluding hydrogens is 312 g/mol. The predicted octanol–water partition coefficient (Wildman–Crippen LogP) is 4.35. The van der Waals surface area contributed by atoms with E-state index in [1.54, 1.807) is 0 Å². The van der Waals surface area contributed by atoms with Crippen LogP contribution < -0.4 is 0 Å². The topological polar surface area (TPSA) is 27.7 Å². The smallest absolute Gasteiger partial charge is 0.361 e. The van der Waals surface area contributed by atoms with Crippen molar-refractivity contribution in [1.29, 1.82) is 0 Å². The minimum absolute atomic E-state index is 0.704. The van der Waals surface area contributed by atoms with Crippen molar-refractivity contribution >= 4 is 25.0 Å². The van der Waals surface area contributed by atoms with Crippen LogP contribution in [0, 0.1) is 0 Å². The Bertz CT molecular complexity index is 346. The van der Waals surface area contributed by atoms with Crippen LogP contribution in [0.5, 0.6) is 0 Å². The summed E-state index contributed by atoms with van der Waals surface area (Å²) in [5.74, 6) is 0. The van der Waals surface area contributed by atoms with Crippen LogP contribution in [0.2, 0.25) is 32.7 Å². The molecule has 0 aromatic carbocycles. The van der Waals surface area contributed by atoms with E-state index in [9.17, 15) is 0 Å². The molecular formula is C15H34O3Si3. The molecule has 0 bridgehead atoms. The SMILES string of the molecule is CCO[Si](C)(C)C=C[Si](C)(C)C=C[Si](C)(OCC)OCC. The first-order chi connectivity index (χ1) is 9.60. The fourth-order valence-corrected chi connectivity index (χ4v) is 10.6. The van der Waals surface area contributed by atoms with Gasteiger partial charge in [-0.15, -0.1) is 0 Å². The quantitative estimate of drug-likeness (QED) is 0.550. The lowest BCUT2D eigenvalue weighted by molar-refractivity contribution is 0.201. The van der Waals surface area contributed by atoms with Gasteiger partial charge in [0, 0.05) is 19.8 Å². The molecule has 124 valence electrons. The van der Waals surface area contributed by atoms with Crippen LogP contribution in [0.25, 0.3) is 0 Å². The first kappa shape index (κ1) is 21.0. The van der Waals surface area contributed by atoms with Gasteiger partial charge in [0.25, 0.3) is 0 Å². The molecule has 3 nitrogen and oxygen atoms in total. The highest BCUT2D eigenvalue weighted by Crippen LogP contribution is 2.15. The van der Waals surface area contributed by atoms with Crippen LogP contribution in [-0.4, -0.2) is 44.8 Å². The Morgan fingerprint density at radius 1 is 0.619 bits per heavy atom. The summed E-state index contributed by atoms with van der Waals surface area (Å²) in [7, 11) is -5.34. The average Bonchev–Trinajstić information content (AvgIpc) is 2.36. The second kappa shape index (κ2) is 9.22. The summed E-state index contributed by atoms with van der Waals surface area (Å²) in [5, 5.41) is 0. The number of rotatable bonds is 10. The van der Waals surface area contributed by atoms with Gasteiger partial charge in [-0.25, -0.2) is 0 Å². The largest absolute Gasteiger partial charge is 0.414 e. The van der Waals surface area contributed by atoms with E-state index in [2.05, 4.69) is 62.5 Å². The predicted molar refractivity (Wildman–Crippen MR) is 99.7 cm³/mol. The number of hydrogen-bond acceptors (Lipinski definition) is 3. The third kappa shape index (κ3) is 9.59. The van der Waals surface area contributed by atoms with Crippen molar-refractivity contribution < 1.29 is 13.3 Å². The van der Waals surface area contributed by atoms with Crippen LogP contribution >= 0.6 is 0 Å². The molecule has 0 heterocycles. The van der Waals surface area contributed by atoms with Gasteiger partial charge < -0.3 is 13.3 Å². The van der Waals surface area contributed by atoms with Crippen LogP contribution in [0.15, 0.2) is 22.8 Å². The summed E-state index contributed by atoms with van der Waals surface area (Å²) >= 11 is 0. The van der Waals surface area contributed by atoms with E-state index in [1.807, 2.05) is 13.8 Å². The van der Waals surface area contributed by atoms with E-state index in [0.717, 1.165) is 6.61 Å². The van der Waals surface area contributed by atoms with E-state index < -0.39 is 25.0 Å². The molecule has 0 aromatic rings. The van der Waals surface area contributed by atoms with Gasteiger partial charge in [0.15, 0.2) is 0 Å². The van der Waals surface area contributed by atoms with Crippen molar-refractivity contribution in [1.82, 2.24) is 0 Å². The molecule has 0 saturated carbocycles. The van der Waals surface area contributed by atoms with Gasteiger partial charge in [0.2, 0.25) is 8.32 Å². The molecule has 21 heavy (non-hydrogen) atoms. The van der Waals surface area contributed by atoms with Crippen molar-refractivity contribution in [3.05, 3.63) is 22.8 Å². The monoisotopic (exact) mass is 346 g/mol. The highest BCUT2D eigenvalue weighted by molar-refractivity contribution is 6.90. The molecule has 0 aromatic heterocycles. The zero-order valence-corrected chi connectivity index (χ0v) is 18.2. The van der Waals surface area contributed by atoms with Crippen molar-refractivity contribution in [3.8, 4) is 0 Å². The maximum atomic E-state index is 5.86. The molecule has 0 fully saturated rings. The summed E-state index contributed by atoms with van der Waals surface area (Å²) in [5.41, 5.74) is 9.27. The second-order valence-electron chi connectivity index (χ2n) is 6.41. The summed E-state index contributed by atoms with van der Waals surface area (Å²) < 4.78 is 17.6. The Kier molecular flexibility index (Phi) is 9.22. The molecule has 0 aliphatic rings. The Morgan fingerprint density at radius 3 is 1.48 bits per heavy atom. The standard InChI is InChI=1S/C15H34O3Si3/c1-9-16-20(6,7)14-12-19(4,5)13-15-21(8,17-10-2)18-11-3/h12-15H,9-11H2,1-8H3. The van der Waals surface area contributed by atoms with Crippen molar-refractivity contribution in [2.45, 2.75) is 53.5 Å². The van der Waals surface area contributed by atoms with Gasteiger partial charge >= 0.3 is 8.56 Å². The van der Waals surface area contributed by atoms with Gasteiger partial charge in [-0.2, -0.15) is 0 Å². The summed E-state index contributed by atoms with van der Waals surface area (Å²) in [6.07, 6.45) is 0. The van der Waals surface area contributed by atoms with E-state index in [0.29, 0.717) is 13.2 Å². The number of hydrogen-bond donors (Lipinski definition) is 0. The first-order valence-corrected chi connectivity index (χ1v) is 16.5. The molecule has 0 amide bonds. The lowest BCUT2D eigenvalue weighted by Gasteiger charge is -2.24. The fourth-order valence-electron chi connectivity index (χ4n) is 1.97. The second-order valence-corrected chi connectivity index (χ2v) is 17.5. The summed E-state index contributed by atoms with van der Waals surface area (Å²) in [4.78, 5) is 0. The van der Waals surface area contributed by atoms with Crippen LogP contribution in [0.1, 0.15) is 20.8 Å². The van der Waals surface area contributed by atoms with Crippen molar-refractivity contribution in [3.63, 3.8) is 0 Å². The van der Waals surface area contributed by atoms with E-state index in [1.165, 1.54) is 0 Å². The third-order valence-electron chi connectivity index (χ3n) is 3.11. The van der Waals surface area contributed by atoms with E-state index >= 15 is 0 Å². The molecule has 0 aliphatic heterocycles. The van der Waals surface area contributed by atoms with E-state index in [-0.39, 0.29) is 0 Å². The third-order valence-corrected chi connectivity index (χ3v) is 10.3. The molecule has 0 spiro atoms. The molecule has 0 saturated heterocycles. The summed E-state index contributed by atoms with van der Waals surface area (Å²) in [6, 6.07) is 0. The lowest BCUT2D eigenvalue weighted by Crippen LogP contribution is -2.38. The van der Waals surface area contributed by atoms with Gasteiger partial charge in [0.1, 0.15) is 0 Å². The minimum Gasteiger partial charge on any atom is -0.414 e. The van der Waals surface area contributed by atoms with Gasteiger partial charge in [-0.3, -0.25) is 0 Å². The highest BCUT2D eigenvalue weighted by atomic mass is 28.4. The molecule has 0 atom stereocenters. The lowest BCUT2D eigenvalue weighted by atomic mass is 10.9. The Hall–Kier alpha value is 0.0106. The molecule has 0 radical (unpaired) electrons. The first-order valence-electron chi connectivity index (χ1n) is 7.92. The molecule has 0 unspecified atom stereocenters. The zero-order chi connectivity index (χ0) is 16.6. The Balaban J connectivity index is 4.92. The van der Waals surface area contributed by atoms with Crippen LogP contribution in [-0.2, 0) is 13.3 Å². The molecule has 0 rings (SSSR count). The fraction of sp³-hybridized carbons (Fsp3) is 0.733. The molecule has 0 N–H and O–H groups in total. The maximum absolute atomic E-state index is 5.86. The minimum atomic E-state index is -2.15. The molecule has 0 aliphatic carbocycles. The normalized spacial score (nSPS) is 14.5. The highest BCUT2D eigenvalue weighted by Gasteiger charge is 2.29. The Morgan fingerprint density at radius 2 is 1.05 bits per heavy atom. The van der Waals surface area contributed by atoms with Gasteiger partial charge in [-0.1, -0.05) is 35.9 Å². The maximum Gasteiger partial charge on any atom is 0.361 e. The van der Waals surface area contributed by atoms with Gasteiger partial charge in [0.05, 0.1) is 8.07 Å². The van der Waals surface area contributed by atoms with Crippen molar-refractivity contribution in [2.75, 3.05) is 19.8 Å². The van der Waals surface area contributed by atoms with Gasteiger partial charge in [-0.05, 0) is 40.4 Å². The molecule has 6 heteroatoms. The van der Waals surface area contributed by atoms with E-state index in [4.69, 9.17) is 13.3 Å².